The van der Waals surface area contributed by atoms with E-state index < -0.39 is 6.04 Å². The lowest BCUT2D eigenvalue weighted by Crippen LogP contribution is -2.41. The number of hydrogen-bond donors (Lipinski definition) is 2. The molecule has 0 aliphatic rings. The number of hydroxylamine groups is 1. The van der Waals surface area contributed by atoms with E-state index in [4.69, 9.17) is 10.5 Å². The van der Waals surface area contributed by atoms with Crippen LogP contribution in [0.5, 0.6) is 0 Å². The van der Waals surface area contributed by atoms with Crippen LogP contribution in [0.4, 0.5) is 0 Å². The standard InChI is InChI=1S/C7H16N2O3/c1-3-12-9-7(10)6(8)4-5-11-2/h6H,3-5,8H2,1-2H3,(H,9,10). The summed E-state index contributed by atoms with van der Waals surface area (Å²) in [5.41, 5.74) is 7.69. The predicted octanol–water partition coefficient (Wildman–Crippen LogP) is -0.582. The van der Waals surface area contributed by atoms with Gasteiger partial charge in [-0.1, -0.05) is 0 Å². The molecular formula is C7H16N2O3. The summed E-state index contributed by atoms with van der Waals surface area (Å²) in [5, 5.41) is 0. The first-order chi connectivity index (χ1) is 5.72. The molecular weight excluding hydrogens is 160 g/mol. The second-order valence-electron chi connectivity index (χ2n) is 2.29. The second kappa shape index (κ2) is 7.02. The van der Waals surface area contributed by atoms with E-state index in [2.05, 4.69) is 10.3 Å². The molecule has 3 N–H and O–H groups in total. The first-order valence-electron chi connectivity index (χ1n) is 3.88. The molecule has 0 heterocycles. The Labute approximate surface area is 72.2 Å². The highest BCUT2D eigenvalue weighted by atomic mass is 16.6. The number of rotatable bonds is 6. The molecule has 5 nitrogen and oxygen atoms in total. The zero-order valence-corrected chi connectivity index (χ0v) is 7.50. The highest BCUT2D eigenvalue weighted by Gasteiger charge is 2.11. The van der Waals surface area contributed by atoms with E-state index in [1.54, 1.807) is 14.0 Å². The normalized spacial score (nSPS) is 12.6. The van der Waals surface area contributed by atoms with Gasteiger partial charge in [0.05, 0.1) is 12.6 Å². The lowest BCUT2D eigenvalue weighted by molar-refractivity contribution is -0.134. The van der Waals surface area contributed by atoms with Crippen LogP contribution in [0.2, 0.25) is 0 Å². The van der Waals surface area contributed by atoms with Crippen LogP contribution >= 0.6 is 0 Å². The summed E-state index contributed by atoms with van der Waals surface area (Å²) in [6, 6.07) is -0.559. The summed E-state index contributed by atoms with van der Waals surface area (Å²) in [6.45, 7) is 2.68. The average molecular weight is 176 g/mol. The van der Waals surface area contributed by atoms with Gasteiger partial charge in [-0.05, 0) is 13.3 Å². The van der Waals surface area contributed by atoms with Gasteiger partial charge in [-0.2, -0.15) is 0 Å². The van der Waals surface area contributed by atoms with Crippen molar-refractivity contribution in [3.8, 4) is 0 Å². The molecule has 0 aromatic rings. The van der Waals surface area contributed by atoms with Gasteiger partial charge in [0.15, 0.2) is 0 Å². The van der Waals surface area contributed by atoms with Crippen molar-refractivity contribution >= 4 is 5.91 Å². The fourth-order valence-corrected chi connectivity index (χ4v) is 0.595. The first kappa shape index (κ1) is 11.4. The number of ether oxygens (including phenoxy) is 1. The molecule has 0 aromatic carbocycles. The summed E-state index contributed by atoms with van der Waals surface area (Å²) in [6.07, 6.45) is 0.495. The van der Waals surface area contributed by atoms with Crippen LogP contribution in [0.25, 0.3) is 0 Å². The van der Waals surface area contributed by atoms with Crippen molar-refractivity contribution in [1.29, 1.82) is 0 Å². The van der Waals surface area contributed by atoms with Crippen molar-refractivity contribution in [2.75, 3.05) is 20.3 Å². The lowest BCUT2D eigenvalue weighted by atomic mass is 10.2. The van der Waals surface area contributed by atoms with Crippen molar-refractivity contribution in [2.24, 2.45) is 5.73 Å². The van der Waals surface area contributed by atoms with Gasteiger partial charge in [0, 0.05) is 13.7 Å². The van der Waals surface area contributed by atoms with E-state index in [1.165, 1.54) is 0 Å². The Morgan fingerprint density at radius 1 is 1.67 bits per heavy atom. The molecule has 1 amide bonds. The van der Waals surface area contributed by atoms with Crippen molar-refractivity contribution in [3.05, 3.63) is 0 Å². The van der Waals surface area contributed by atoms with Crippen LogP contribution in [0, 0.1) is 0 Å². The largest absolute Gasteiger partial charge is 0.385 e. The molecule has 5 heteroatoms. The number of carbonyl (C=O) groups is 1. The third-order valence-corrected chi connectivity index (χ3v) is 1.29. The molecule has 1 atom stereocenters. The third kappa shape index (κ3) is 5.06. The molecule has 12 heavy (non-hydrogen) atoms. The van der Waals surface area contributed by atoms with Gasteiger partial charge < -0.3 is 10.5 Å². The molecule has 1 unspecified atom stereocenters. The topological polar surface area (TPSA) is 73.6 Å². The van der Waals surface area contributed by atoms with Gasteiger partial charge in [-0.3, -0.25) is 9.63 Å². The zero-order valence-electron chi connectivity index (χ0n) is 7.50. The minimum Gasteiger partial charge on any atom is -0.385 e. The number of nitrogens with one attached hydrogen (secondary N) is 1. The van der Waals surface area contributed by atoms with E-state index in [1.807, 2.05) is 0 Å². The van der Waals surface area contributed by atoms with Crippen molar-refractivity contribution in [2.45, 2.75) is 19.4 Å². The molecule has 0 radical (unpaired) electrons. The fourth-order valence-electron chi connectivity index (χ4n) is 0.595. The average Bonchev–Trinajstić information content (AvgIpc) is 2.10. The van der Waals surface area contributed by atoms with E-state index in [0.717, 1.165) is 0 Å². The Kier molecular flexibility index (Phi) is 6.64. The molecule has 0 bridgehead atoms. The Hall–Kier alpha value is -0.650. The van der Waals surface area contributed by atoms with Crippen LogP contribution in [-0.2, 0) is 14.4 Å². The smallest absolute Gasteiger partial charge is 0.260 e. The SMILES string of the molecule is CCONC(=O)C(N)CCOC. The van der Waals surface area contributed by atoms with Gasteiger partial charge in [-0.15, -0.1) is 0 Å². The molecule has 0 rings (SSSR count). The highest BCUT2D eigenvalue weighted by molar-refractivity contribution is 5.80. The van der Waals surface area contributed by atoms with Gasteiger partial charge >= 0.3 is 0 Å². The first-order valence-corrected chi connectivity index (χ1v) is 3.88. The number of nitrogens with two attached hydrogens (primary N) is 1. The Morgan fingerprint density at radius 3 is 2.83 bits per heavy atom. The fraction of sp³-hybridized carbons (Fsp3) is 0.857. The van der Waals surface area contributed by atoms with Crippen LogP contribution < -0.4 is 11.2 Å². The highest BCUT2D eigenvalue weighted by Crippen LogP contribution is 1.88. The van der Waals surface area contributed by atoms with E-state index in [0.29, 0.717) is 19.6 Å². The molecule has 0 saturated heterocycles. The Morgan fingerprint density at radius 2 is 2.33 bits per heavy atom. The molecule has 0 aliphatic heterocycles. The molecule has 0 aliphatic carbocycles. The van der Waals surface area contributed by atoms with E-state index in [-0.39, 0.29) is 5.91 Å². The van der Waals surface area contributed by atoms with Crippen molar-refractivity contribution < 1.29 is 14.4 Å². The van der Waals surface area contributed by atoms with Crippen LogP contribution in [-0.4, -0.2) is 32.3 Å². The maximum Gasteiger partial charge on any atom is 0.260 e. The summed E-state index contributed by atoms with van der Waals surface area (Å²) < 4.78 is 4.77. The summed E-state index contributed by atoms with van der Waals surface area (Å²) in [4.78, 5) is 15.7. The number of amides is 1. The summed E-state index contributed by atoms with van der Waals surface area (Å²) >= 11 is 0. The maximum atomic E-state index is 11.0. The molecule has 0 spiro atoms. The predicted molar refractivity (Wildman–Crippen MR) is 44.2 cm³/mol. The number of methoxy groups -OCH3 is 1. The van der Waals surface area contributed by atoms with Crippen molar-refractivity contribution in [3.63, 3.8) is 0 Å². The monoisotopic (exact) mass is 176 g/mol. The summed E-state index contributed by atoms with van der Waals surface area (Å²) in [5.74, 6) is -0.311. The number of hydrogen-bond acceptors (Lipinski definition) is 4. The molecule has 72 valence electrons. The quantitative estimate of drug-likeness (QED) is 0.531. The molecule has 0 aromatic heterocycles. The minimum atomic E-state index is -0.559. The van der Waals surface area contributed by atoms with E-state index in [9.17, 15) is 4.79 Å². The van der Waals surface area contributed by atoms with Gasteiger partial charge in [-0.25, -0.2) is 5.48 Å². The van der Waals surface area contributed by atoms with Gasteiger partial charge in [0.1, 0.15) is 0 Å². The van der Waals surface area contributed by atoms with Crippen molar-refractivity contribution in [1.82, 2.24) is 5.48 Å². The van der Waals surface area contributed by atoms with Crippen LogP contribution in [0.15, 0.2) is 0 Å². The zero-order chi connectivity index (χ0) is 9.40. The Bertz CT molecular complexity index is 130. The van der Waals surface area contributed by atoms with Crippen LogP contribution in [0.1, 0.15) is 13.3 Å². The van der Waals surface area contributed by atoms with Gasteiger partial charge in [0.25, 0.3) is 5.91 Å². The van der Waals surface area contributed by atoms with Crippen LogP contribution in [0.3, 0.4) is 0 Å². The van der Waals surface area contributed by atoms with E-state index >= 15 is 0 Å². The summed E-state index contributed by atoms with van der Waals surface area (Å²) in [7, 11) is 1.56. The maximum absolute atomic E-state index is 11.0. The molecule has 0 saturated carbocycles. The second-order valence-corrected chi connectivity index (χ2v) is 2.29. The number of carbonyl (C=O) groups excluding carboxylic acids is 1. The van der Waals surface area contributed by atoms with Gasteiger partial charge in [0.2, 0.25) is 0 Å². The lowest BCUT2D eigenvalue weighted by Gasteiger charge is -2.10. The minimum absolute atomic E-state index is 0.311. The third-order valence-electron chi connectivity index (χ3n) is 1.29. The Balaban J connectivity index is 3.47. The molecule has 0 fully saturated rings.